The Balaban J connectivity index is 1.86. The van der Waals surface area contributed by atoms with Crippen molar-refractivity contribution < 1.29 is 13.6 Å². The monoisotopic (exact) mass is 327 g/mol. The summed E-state index contributed by atoms with van der Waals surface area (Å²) in [6, 6.07) is 9.84. The van der Waals surface area contributed by atoms with E-state index in [1.807, 2.05) is 23.8 Å². The second-order valence-corrected chi connectivity index (χ2v) is 5.23. The van der Waals surface area contributed by atoms with Gasteiger partial charge >= 0.3 is 0 Å². The molecule has 1 amide bonds. The molecule has 1 N–H and O–H groups in total. The normalized spacial score (nSPS) is 10.6. The fraction of sp³-hybridized carbons (Fsp3) is 0.111. The number of anilines is 1. The van der Waals surface area contributed by atoms with Crippen LogP contribution in [0.2, 0.25) is 0 Å². The van der Waals surface area contributed by atoms with E-state index in [9.17, 15) is 13.6 Å². The molecule has 1 heterocycles. The lowest BCUT2D eigenvalue weighted by molar-refractivity contribution is 0.102. The summed E-state index contributed by atoms with van der Waals surface area (Å²) in [7, 11) is 0. The van der Waals surface area contributed by atoms with E-state index in [1.54, 1.807) is 24.4 Å². The summed E-state index contributed by atoms with van der Waals surface area (Å²) >= 11 is 0. The summed E-state index contributed by atoms with van der Waals surface area (Å²) in [6.45, 7) is 2.78. The minimum absolute atomic E-state index is 0.0760. The summed E-state index contributed by atoms with van der Waals surface area (Å²) in [4.78, 5) is 16.5. The number of nitrogens with zero attached hydrogens (tertiary/aromatic N) is 2. The molecule has 122 valence electrons. The summed E-state index contributed by atoms with van der Waals surface area (Å²) in [5.74, 6) is -1.38. The smallest absolute Gasteiger partial charge is 0.255 e. The van der Waals surface area contributed by atoms with E-state index in [-0.39, 0.29) is 5.56 Å². The van der Waals surface area contributed by atoms with Gasteiger partial charge in [-0.3, -0.25) is 4.79 Å². The molecule has 0 aliphatic carbocycles. The Labute approximate surface area is 137 Å². The molecule has 24 heavy (non-hydrogen) atoms. The van der Waals surface area contributed by atoms with Gasteiger partial charge in [-0.2, -0.15) is 0 Å². The molecule has 0 atom stereocenters. The number of hydrogen-bond acceptors (Lipinski definition) is 2. The first-order chi connectivity index (χ1) is 11.6. The van der Waals surface area contributed by atoms with Crippen LogP contribution in [0.5, 0.6) is 0 Å². The number of halogens is 2. The number of aryl methyl sites for hydroxylation is 1. The van der Waals surface area contributed by atoms with Gasteiger partial charge in [0.1, 0.15) is 17.5 Å². The van der Waals surface area contributed by atoms with E-state index in [2.05, 4.69) is 10.3 Å². The second kappa shape index (κ2) is 6.62. The molecule has 3 rings (SSSR count). The van der Waals surface area contributed by atoms with Crippen molar-refractivity contribution >= 4 is 11.6 Å². The zero-order valence-corrected chi connectivity index (χ0v) is 13.0. The van der Waals surface area contributed by atoms with Crippen LogP contribution in [0.1, 0.15) is 17.3 Å². The largest absolute Gasteiger partial charge is 0.331 e. The Kier molecular flexibility index (Phi) is 4.37. The van der Waals surface area contributed by atoms with Crippen LogP contribution in [0.15, 0.2) is 54.9 Å². The van der Waals surface area contributed by atoms with Crippen LogP contribution in [-0.2, 0) is 6.54 Å². The van der Waals surface area contributed by atoms with Crippen molar-refractivity contribution in [2.24, 2.45) is 0 Å². The lowest BCUT2D eigenvalue weighted by atomic mass is 10.1. The number of aromatic nitrogens is 2. The number of rotatable bonds is 4. The third kappa shape index (κ3) is 3.32. The topological polar surface area (TPSA) is 46.9 Å². The summed E-state index contributed by atoms with van der Waals surface area (Å²) in [6.07, 6.45) is 3.58. The number of carbonyl (C=O) groups excluding carboxylic acids is 1. The van der Waals surface area contributed by atoms with E-state index in [0.717, 1.165) is 36.1 Å². The molecule has 0 aliphatic rings. The average Bonchev–Trinajstić information content (AvgIpc) is 3.03. The molecule has 0 bridgehead atoms. The van der Waals surface area contributed by atoms with Crippen LogP contribution in [0.4, 0.5) is 14.5 Å². The Morgan fingerprint density at radius 2 is 1.92 bits per heavy atom. The van der Waals surface area contributed by atoms with Crippen molar-refractivity contribution in [2.45, 2.75) is 13.5 Å². The number of nitrogens with one attached hydrogen (secondary N) is 1. The summed E-state index contributed by atoms with van der Waals surface area (Å²) in [5.41, 5.74) is 1.28. The van der Waals surface area contributed by atoms with Gasteiger partial charge in [-0.05, 0) is 31.2 Å². The van der Waals surface area contributed by atoms with Gasteiger partial charge in [0.15, 0.2) is 0 Å². The van der Waals surface area contributed by atoms with Gasteiger partial charge in [0.25, 0.3) is 5.91 Å². The maximum Gasteiger partial charge on any atom is 0.255 e. The number of amides is 1. The van der Waals surface area contributed by atoms with E-state index >= 15 is 0 Å². The highest BCUT2D eigenvalue weighted by molar-refractivity contribution is 6.04. The van der Waals surface area contributed by atoms with Crippen LogP contribution in [-0.4, -0.2) is 15.5 Å². The van der Waals surface area contributed by atoms with Gasteiger partial charge in [-0.1, -0.05) is 12.1 Å². The van der Waals surface area contributed by atoms with Crippen LogP contribution < -0.4 is 5.32 Å². The van der Waals surface area contributed by atoms with Crippen molar-refractivity contribution in [1.82, 2.24) is 9.55 Å². The third-order valence-electron chi connectivity index (χ3n) is 3.56. The summed E-state index contributed by atoms with van der Waals surface area (Å²) in [5, 5.41) is 2.64. The number of hydrogen-bond donors (Lipinski definition) is 1. The maximum atomic E-state index is 13.2. The standard InChI is InChI=1S/C18H15F2N3O/c1-2-23-7-6-21-17(23)12-4-3-5-16(10-12)22-18(24)13-8-14(19)11-15(20)9-13/h3-11H,2H2,1H3,(H,22,24). The van der Waals surface area contributed by atoms with Crippen molar-refractivity contribution in [3.05, 3.63) is 72.1 Å². The molecule has 0 radical (unpaired) electrons. The van der Waals surface area contributed by atoms with Crippen LogP contribution in [0, 0.1) is 11.6 Å². The molecule has 0 fully saturated rings. The molecule has 6 heteroatoms. The van der Waals surface area contributed by atoms with Gasteiger partial charge in [-0.15, -0.1) is 0 Å². The van der Waals surface area contributed by atoms with Crippen molar-refractivity contribution in [3.63, 3.8) is 0 Å². The Morgan fingerprint density at radius 1 is 1.17 bits per heavy atom. The fourth-order valence-electron chi connectivity index (χ4n) is 2.45. The van der Waals surface area contributed by atoms with Gasteiger partial charge in [0.2, 0.25) is 0 Å². The first-order valence-electron chi connectivity index (χ1n) is 7.46. The zero-order valence-electron chi connectivity index (χ0n) is 13.0. The Hall–Kier alpha value is -3.02. The predicted octanol–water partition coefficient (Wildman–Crippen LogP) is 4.10. The molecule has 4 nitrogen and oxygen atoms in total. The maximum absolute atomic E-state index is 13.2. The third-order valence-corrected chi connectivity index (χ3v) is 3.56. The predicted molar refractivity (Wildman–Crippen MR) is 87.6 cm³/mol. The summed E-state index contributed by atoms with van der Waals surface area (Å²) < 4.78 is 28.4. The molecule has 0 saturated heterocycles. The van der Waals surface area contributed by atoms with Crippen molar-refractivity contribution in [3.8, 4) is 11.4 Å². The first kappa shape index (κ1) is 15.9. The molecule has 0 saturated carbocycles. The number of imidazole rings is 1. The fourth-order valence-corrected chi connectivity index (χ4v) is 2.45. The lowest BCUT2D eigenvalue weighted by Gasteiger charge is -2.09. The Morgan fingerprint density at radius 3 is 2.62 bits per heavy atom. The molecule has 0 spiro atoms. The van der Waals surface area contributed by atoms with Gasteiger partial charge in [0.05, 0.1) is 0 Å². The molecular weight excluding hydrogens is 312 g/mol. The lowest BCUT2D eigenvalue weighted by Crippen LogP contribution is -2.12. The van der Waals surface area contributed by atoms with Gasteiger partial charge in [0, 0.05) is 41.8 Å². The van der Waals surface area contributed by atoms with E-state index in [0.29, 0.717) is 5.69 Å². The van der Waals surface area contributed by atoms with Crippen LogP contribution in [0.25, 0.3) is 11.4 Å². The van der Waals surface area contributed by atoms with E-state index in [1.165, 1.54) is 0 Å². The minimum atomic E-state index is -0.793. The number of carbonyl (C=O) groups is 1. The minimum Gasteiger partial charge on any atom is -0.331 e. The van der Waals surface area contributed by atoms with Gasteiger partial charge < -0.3 is 9.88 Å². The van der Waals surface area contributed by atoms with E-state index in [4.69, 9.17) is 0 Å². The molecular formula is C18H15F2N3O. The SMILES string of the molecule is CCn1ccnc1-c1cccc(NC(=O)c2cc(F)cc(F)c2)c1. The highest BCUT2D eigenvalue weighted by Crippen LogP contribution is 2.22. The van der Waals surface area contributed by atoms with Gasteiger partial charge in [-0.25, -0.2) is 13.8 Å². The molecule has 3 aromatic rings. The highest BCUT2D eigenvalue weighted by Gasteiger charge is 2.11. The first-order valence-corrected chi connectivity index (χ1v) is 7.46. The highest BCUT2D eigenvalue weighted by atomic mass is 19.1. The number of benzene rings is 2. The molecule has 1 aromatic heterocycles. The van der Waals surface area contributed by atoms with Crippen LogP contribution in [0.3, 0.4) is 0 Å². The van der Waals surface area contributed by atoms with E-state index < -0.39 is 17.5 Å². The molecule has 0 unspecified atom stereocenters. The average molecular weight is 327 g/mol. The Bertz CT molecular complexity index is 869. The zero-order chi connectivity index (χ0) is 17.1. The van der Waals surface area contributed by atoms with Crippen molar-refractivity contribution in [2.75, 3.05) is 5.32 Å². The quantitative estimate of drug-likeness (QED) is 0.784. The second-order valence-electron chi connectivity index (χ2n) is 5.23. The van der Waals surface area contributed by atoms with Crippen LogP contribution >= 0.6 is 0 Å². The molecule has 2 aromatic carbocycles. The molecule has 0 aliphatic heterocycles. The van der Waals surface area contributed by atoms with Crippen molar-refractivity contribution in [1.29, 1.82) is 0 Å².